The van der Waals surface area contributed by atoms with Gasteiger partial charge in [-0.15, -0.1) is 0 Å². The third-order valence-electron chi connectivity index (χ3n) is 7.30. The summed E-state index contributed by atoms with van der Waals surface area (Å²) in [5, 5.41) is 3.37. The SMILES string of the molecule is C=C(F)C(=O)N1CCN2CC1COc1cc3ncnc(Nc4ccc(Oc5ccn6ccnc6c5)c(C)c4)c3nc12. The molecule has 1 unspecified atom stereocenters. The topological polar surface area (TPSA) is 110 Å². The van der Waals surface area contributed by atoms with Gasteiger partial charge in [0.05, 0.1) is 11.6 Å². The van der Waals surface area contributed by atoms with Gasteiger partial charge in [-0.25, -0.2) is 24.3 Å². The van der Waals surface area contributed by atoms with Crippen molar-refractivity contribution in [3.63, 3.8) is 0 Å². The second-order valence-corrected chi connectivity index (χ2v) is 9.98. The molecule has 41 heavy (non-hydrogen) atoms. The lowest BCUT2D eigenvalue weighted by Gasteiger charge is -2.39. The van der Waals surface area contributed by atoms with Gasteiger partial charge in [0.1, 0.15) is 35.6 Å². The summed E-state index contributed by atoms with van der Waals surface area (Å²) >= 11 is 0. The highest BCUT2D eigenvalue weighted by molar-refractivity contribution is 5.92. The summed E-state index contributed by atoms with van der Waals surface area (Å²) in [5.74, 6) is 1.49. The van der Waals surface area contributed by atoms with Crippen molar-refractivity contribution >= 4 is 39.9 Å². The van der Waals surface area contributed by atoms with Crippen LogP contribution in [0.5, 0.6) is 17.2 Å². The van der Waals surface area contributed by atoms with Crippen LogP contribution < -0.4 is 19.7 Å². The summed E-state index contributed by atoms with van der Waals surface area (Å²) in [4.78, 5) is 33.9. The molecule has 1 saturated heterocycles. The van der Waals surface area contributed by atoms with E-state index in [0.717, 1.165) is 22.6 Å². The van der Waals surface area contributed by atoms with Crippen molar-refractivity contribution in [2.45, 2.75) is 13.0 Å². The monoisotopic (exact) mass is 552 g/mol. The lowest BCUT2D eigenvalue weighted by Crippen LogP contribution is -2.56. The zero-order valence-electron chi connectivity index (χ0n) is 22.1. The summed E-state index contributed by atoms with van der Waals surface area (Å²) in [7, 11) is 0. The maximum Gasteiger partial charge on any atom is 0.282 e. The normalized spacial score (nSPS) is 16.2. The second-order valence-electron chi connectivity index (χ2n) is 9.98. The van der Waals surface area contributed by atoms with E-state index < -0.39 is 11.7 Å². The molecular weight excluding hydrogens is 527 g/mol. The summed E-state index contributed by atoms with van der Waals surface area (Å²) in [6.07, 6.45) is 7.00. The van der Waals surface area contributed by atoms with E-state index in [1.54, 1.807) is 6.20 Å². The highest BCUT2D eigenvalue weighted by Crippen LogP contribution is 2.36. The number of hydrogen-bond donors (Lipinski definition) is 1. The van der Waals surface area contributed by atoms with Gasteiger partial charge < -0.3 is 29.0 Å². The second kappa shape index (κ2) is 9.73. The molecular formula is C29H25FN8O3. The predicted molar refractivity (Wildman–Crippen MR) is 151 cm³/mol. The Morgan fingerprint density at radius 3 is 2.90 bits per heavy atom. The summed E-state index contributed by atoms with van der Waals surface area (Å²) < 4.78 is 27.7. The standard InChI is InChI=1S/C29H25FN8O3/c1-17-11-19(3-4-23(17)41-21-5-7-36-8-6-31-25(36)12-21)34-27-26-22(32-16-33-27)13-24-28(35-26)37-9-10-38(29(39)18(2)30)20(14-37)15-40-24/h3-8,11-13,16,20H,2,9-10,14-15H2,1H3,(H,32,33,34). The number of fused-ring (bicyclic) bond motifs is 6. The largest absolute Gasteiger partial charge is 0.487 e. The lowest BCUT2D eigenvalue weighted by atomic mass is 10.1. The molecule has 0 radical (unpaired) electrons. The molecule has 4 aromatic heterocycles. The van der Waals surface area contributed by atoms with Crippen LogP contribution in [0.4, 0.5) is 21.7 Å². The number of aryl methyl sites for hydroxylation is 1. The quantitative estimate of drug-likeness (QED) is 0.317. The van der Waals surface area contributed by atoms with Gasteiger partial charge in [0.2, 0.25) is 0 Å². The van der Waals surface area contributed by atoms with Gasteiger partial charge in [-0.3, -0.25) is 4.79 Å². The Morgan fingerprint density at radius 2 is 2.05 bits per heavy atom. The Kier molecular flexibility index (Phi) is 5.88. The van der Waals surface area contributed by atoms with Gasteiger partial charge in [0, 0.05) is 56.0 Å². The van der Waals surface area contributed by atoms with Crippen molar-refractivity contribution in [3.05, 3.63) is 79.3 Å². The number of nitrogens with zero attached hydrogens (tertiary/aromatic N) is 7. The Bertz CT molecular complexity index is 1840. The fourth-order valence-corrected chi connectivity index (χ4v) is 5.24. The molecule has 1 fully saturated rings. The number of anilines is 3. The Labute approximate surface area is 233 Å². The van der Waals surface area contributed by atoms with Crippen molar-refractivity contribution < 1.29 is 18.7 Å². The fraction of sp³-hybridized carbons (Fsp3) is 0.207. The number of carbonyl (C=O) groups is 1. The van der Waals surface area contributed by atoms with Crippen molar-refractivity contribution in [2.75, 3.05) is 36.5 Å². The van der Waals surface area contributed by atoms with E-state index >= 15 is 0 Å². The molecule has 7 rings (SSSR count). The summed E-state index contributed by atoms with van der Waals surface area (Å²) in [5.41, 5.74) is 3.73. The van der Waals surface area contributed by atoms with E-state index in [9.17, 15) is 9.18 Å². The van der Waals surface area contributed by atoms with Gasteiger partial charge in [-0.1, -0.05) is 6.58 Å². The van der Waals surface area contributed by atoms with Crippen molar-refractivity contribution in [2.24, 2.45) is 0 Å². The minimum absolute atomic E-state index is 0.218. The number of aromatic nitrogens is 5. The number of rotatable bonds is 5. The molecule has 2 aliphatic heterocycles. The molecule has 2 aliphatic rings. The number of imidazole rings is 1. The first-order valence-corrected chi connectivity index (χ1v) is 13.1. The number of amides is 1. The van der Waals surface area contributed by atoms with Crippen LogP contribution in [0.3, 0.4) is 0 Å². The predicted octanol–water partition coefficient (Wildman–Crippen LogP) is 4.41. The number of piperazine rings is 1. The van der Waals surface area contributed by atoms with Crippen LogP contribution in [-0.4, -0.2) is 67.4 Å². The van der Waals surface area contributed by atoms with Crippen LogP contribution in [0.2, 0.25) is 0 Å². The molecule has 0 spiro atoms. The molecule has 1 amide bonds. The zero-order valence-corrected chi connectivity index (χ0v) is 22.1. The molecule has 1 aromatic carbocycles. The molecule has 2 bridgehead atoms. The van der Waals surface area contributed by atoms with Gasteiger partial charge in [-0.2, -0.15) is 0 Å². The maximum absolute atomic E-state index is 13.6. The zero-order chi connectivity index (χ0) is 28.1. The third kappa shape index (κ3) is 4.52. The van der Waals surface area contributed by atoms with E-state index in [1.807, 2.05) is 65.0 Å². The van der Waals surface area contributed by atoms with Crippen LogP contribution >= 0.6 is 0 Å². The summed E-state index contributed by atoms with van der Waals surface area (Å²) in [6, 6.07) is 11.1. The number of carbonyl (C=O) groups excluding carboxylic acids is 1. The van der Waals surface area contributed by atoms with Crippen molar-refractivity contribution in [3.8, 4) is 17.2 Å². The molecule has 6 heterocycles. The van der Waals surface area contributed by atoms with Crippen molar-refractivity contribution in [1.29, 1.82) is 0 Å². The molecule has 12 heteroatoms. The third-order valence-corrected chi connectivity index (χ3v) is 7.30. The molecule has 1 atom stereocenters. The number of hydrogen-bond acceptors (Lipinski definition) is 9. The average molecular weight is 553 g/mol. The van der Waals surface area contributed by atoms with Crippen molar-refractivity contribution in [1.82, 2.24) is 29.2 Å². The number of benzene rings is 1. The van der Waals surface area contributed by atoms with Gasteiger partial charge >= 0.3 is 0 Å². The minimum Gasteiger partial charge on any atom is -0.487 e. The van der Waals surface area contributed by atoms with E-state index in [1.165, 1.54) is 11.2 Å². The van der Waals surface area contributed by atoms with Crippen LogP contribution in [0, 0.1) is 6.92 Å². The number of pyridine rings is 2. The fourth-order valence-electron chi connectivity index (χ4n) is 5.24. The first-order chi connectivity index (χ1) is 19.9. The summed E-state index contributed by atoms with van der Waals surface area (Å²) in [6.45, 7) is 6.64. The molecule has 206 valence electrons. The van der Waals surface area contributed by atoms with Crippen LogP contribution in [0.15, 0.2) is 73.7 Å². The Morgan fingerprint density at radius 1 is 1.15 bits per heavy atom. The number of nitrogens with one attached hydrogen (secondary N) is 1. The average Bonchev–Trinajstić information content (AvgIpc) is 3.39. The van der Waals surface area contributed by atoms with E-state index in [-0.39, 0.29) is 12.6 Å². The Balaban J connectivity index is 1.14. The van der Waals surface area contributed by atoms with Gasteiger partial charge in [0.25, 0.3) is 5.91 Å². The first kappa shape index (κ1) is 24.8. The van der Waals surface area contributed by atoms with E-state index in [4.69, 9.17) is 14.5 Å². The van der Waals surface area contributed by atoms with E-state index in [0.29, 0.717) is 53.8 Å². The smallest absolute Gasteiger partial charge is 0.282 e. The maximum atomic E-state index is 13.6. The number of halogens is 1. The molecule has 5 aromatic rings. The first-order valence-electron chi connectivity index (χ1n) is 13.1. The van der Waals surface area contributed by atoms with Gasteiger partial charge in [0.15, 0.2) is 23.2 Å². The molecule has 0 aliphatic carbocycles. The highest BCUT2D eigenvalue weighted by atomic mass is 19.1. The van der Waals surface area contributed by atoms with Crippen LogP contribution in [0.1, 0.15) is 5.56 Å². The lowest BCUT2D eigenvalue weighted by molar-refractivity contribution is -0.131. The van der Waals surface area contributed by atoms with Gasteiger partial charge in [-0.05, 0) is 36.8 Å². The highest BCUT2D eigenvalue weighted by Gasteiger charge is 2.36. The number of ether oxygens (including phenoxy) is 2. The Hall–Kier alpha value is -5.26. The van der Waals surface area contributed by atoms with Crippen LogP contribution in [0.25, 0.3) is 16.7 Å². The molecule has 1 N–H and O–H groups in total. The molecule has 0 saturated carbocycles. The molecule has 11 nitrogen and oxygen atoms in total. The minimum atomic E-state index is -0.972. The van der Waals surface area contributed by atoms with Crippen LogP contribution in [-0.2, 0) is 4.79 Å². The van der Waals surface area contributed by atoms with E-state index in [2.05, 4.69) is 26.8 Å².